The van der Waals surface area contributed by atoms with Crippen molar-refractivity contribution in [2.75, 3.05) is 14.7 Å². The van der Waals surface area contributed by atoms with Gasteiger partial charge in [-0.25, -0.2) is 0 Å². The van der Waals surface area contributed by atoms with Crippen molar-refractivity contribution in [3.63, 3.8) is 0 Å². The van der Waals surface area contributed by atoms with Gasteiger partial charge in [0.1, 0.15) is 46.0 Å². The highest BCUT2D eigenvalue weighted by Crippen LogP contribution is 2.52. The van der Waals surface area contributed by atoms with E-state index in [4.69, 9.17) is 29.9 Å². The molecule has 0 amide bonds. The Morgan fingerprint density at radius 1 is 0.316 bits per heavy atom. The minimum atomic E-state index is -1.82. The Kier molecular flexibility index (Phi) is 5.21. The molecule has 352 valence electrons. The minimum Gasteiger partial charge on any atom is -0.459 e. The molecule has 11 aromatic rings. The molecule has 0 radical (unpaired) electrons. The first-order valence-electron chi connectivity index (χ1n) is 36.1. The lowest BCUT2D eigenvalue weighted by molar-refractivity contribution is 0.466. The summed E-state index contributed by atoms with van der Waals surface area (Å²) in [6.45, 7) is -3.54. The quantitative estimate of drug-likeness (QED) is 0.159. The van der Waals surface area contributed by atoms with E-state index in [1.807, 2.05) is 24.3 Å². The second-order valence-electron chi connectivity index (χ2n) is 18.4. The smallest absolute Gasteiger partial charge is 0.261 e. The fourth-order valence-corrected chi connectivity index (χ4v) is 11.7. The van der Waals surface area contributed by atoms with E-state index in [-0.39, 0.29) is 67.8 Å². The Bertz CT molecular complexity index is 5260. The Morgan fingerprint density at radius 3 is 1.05 bits per heavy atom. The van der Waals surface area contributed by atoms with Crippen molar-refractivity contribution < 1.29 is 51.8 Å². The maximum Gasteiger partial charge on any atom is 0.261 e. The maximum absolute atomic E-state index is 11.3. The molecule has 0 unspecified atom stereocenters. The third kappa shape index (κ3) is 5.81. The molecule has 6 aliphatic heterocycles. The first-order valence-corrected chi connectivity index (χ1v) is 24.1. The molecule has 0 saturated heterocycles. The molecule has 0 bridgehead atoms. The summed E-state index contributed by atoms with van der Waals surface area (Å²) in [4.78, 5) is 2.41. The molecular weight excluding hydrogens is 931 g/mol. The van der Waals surface area contributed by atoms with E-state index in [0.29, 0.717) is 26.8 Å². The number of hydrogen-bond acceptors (Lipinski definition) is 7. The summed E-state index contributed by atoms with van der Waals surface area (Å²) in [5, 5.41) is 0. The first-order chi connectivity index (χ1) is 47.7. The third-order valence-corrected chi connectivity index (χ3v) is 14.6. The summed E-state index contributed by atoms with van der Waals surface area (Å²) in [6.07, 6.45) is 0. The molecule has 0 aliphatic carbocycles. The van der Waals surface area contributed by atoms with Gasteiger partial charge in [0.25, 0.3) is 20.1 Å². The van der Waals surface area contributed by atoms with Crippen LogP contribution in [0.1, 0.15) is 32.9 Å². The largest absolute Gasteiger partial charge is 0.459 e. The van der Waals surface area contributed by atoms with Gasteiger partial charge in [0.15, 0.2) is 0 Å². The summed E-state index contributed by atoms with van der Waals surface area (Å²) in [5.41, 5.74) is -5.05. The molecule has 0 fully saturated rings. The zero-order chi connectivity index (χ0) is 70.5. The lowest BCUT2D eigenvalue weighted by atomic mass is 9.29. The number of para-hydroxylation sites is 8. The van der Waals surface area contributed by atoms with Gasteiger partial charge in [0.2, 0.25) is 0 Å². The number of benzene rings is 11. The number of nitrogens with zero attached hydrogens (tertiary/aromatic N) is 3. The van der Waals surface area contributed by atoms with Crippen molar-refractivity contribution in [2.45, 2.75) is 0 Å². The monoisotopic (exact) mass is 995 g/mol. The van der Waals surface area contributed by atoms with Crippen LogP contribution < -0.4 is 82.8 Å². The minimum absolute atomic E-state index is 0.104. The van der Waals surface area contributed by atoms with Crippen molar-refractivity contribution in [1.29, 1.82) is 0 Å². The number of hydrogen-bond donors (Lipinski definition) is 0. The predicted octanol–water partition coefficient (Wildman–Crippen LogP) is 10.7. The van der Waals surface area contributed by atoms with Crippen LogP contribution in [0.2, 0.25) is 0 Å². The molecule has 17 rings (SSSR count). The van der Waals surface area contributed by atoms with Crippen LogP contribution in [-0.2, 0) is 0 Å². The van der Waals surface area contributed by atoms with Crippen molar-refractivity contribution in [3.05, 3.63) is 242 Å². The van der Waals surface area contributed by atoms with E-state index in [2.05, 4.69) is 0 Å². The molecule has 11 aromatic carbocycles. The maximum atomic E-state index is 11.3. The number of fused-ring (bicyclic) bond motifs is 14. The van der Waals surface area contributed by atoms with Gasteiger partial charge >= 0.3 is 0 Å². The van der Waals surface area contributed by atoms with E-state index in [9.17, 15) is 21.9 Å². The fourth-order valence-electron chi connectivity index (χ4n) is 11.7. The van der Waals surface area contributed by atoms with Gasteiger partial charge in [-0.1, -0.05) is 145 Å². The van der Waals surface area contributed by atoms with Gasteiger partial charge in [-0.2, -0.15) is 0 Å². The van der Waals surface area contributed by atoms with Crippen LogP contribution in [0, 0.1) is 0 Å². The van der Waals surface area contributed by atoms with Crippen LogP contribution >= 0.6 is 0 Å². The Hall–Kier alpha value is -9.79. The van der Waals surface area contributed by atoms with E-state index in [1.165, 1.54) is 0 Å². The van der Waals surface area contributed by atoms with Crippen molar-refractivity contribution in [1.82, 2.24) is 0 Å². The van der Waals surface area contributed by atoms with E-state index >= 15 is 0 Å². The SMILES string of the molecule is [2H]c1c([2H])c([2H])c(N(c2c([2H])c([2H])c([2H])c([2H])c2[2H])c2c([2H])c3c4c(c2[2H])N(c2c([2H])c([2H])c([2H])c([2H])c2[2H])c2c([2H])c5c6c(c2B4c2c4c7c(c([2H])c2N3c2c([2H])c([2H])c([2H])c([2H])c2[2H])Oc2ccccc2B7c2ccccc2O4)Oc2ccccc2B6c2ccccc2O5)c([2H])c1[2H]. The molecule has 6 aliphatic rings. The molecule has 7 nitrogen and oxygen atoms in total. The summed E-state index contributed by atoms with van der Waals surface area (Å²) >= 11 is 0. The second-order valence-corrected chi connectivity index (χ2v) is 18.4. The third-order valence-electron chi connectivity index (χ3n) is 14.6. The zero-order valence-corrected chi connectivity index (χ0v) is 38.9. The fraction of sp³-hybridized carbons (Fsp3) is 0. The molecule has 10 heteroatoms. The molecule has 6 heterocycles. The normalized spacial score (nSPS) is 18.2. The Labute approximate surface area is 474 Å². The summed E-state index contributed by atoms with van der Waals surface area (Å²) in [7, 11) is 0. The van der Waals surface area contributed by atoms with Crippen LogP contribution in [0.25, 0.3) is 0 Å². The first kappa shape index (κ1) is 25.0. The molecule has 0 N–H and O–H groups in total. The van der Waals surface area contributed by atoms with Crippen LogP contribution in [0.3, 0.4) is 0 Å². The summed E-state index contributed by atoms with van der Waals surface area (Å²) < 4.78 is 261. The van der Waals surface area contributed by atoms with Crippen LogP contribution in [0.15, 0.2) is 242 Å². The van der Waals surface area contributed by atoms with Crippen LogP contribution in [0.4, 0.5) is 51.2 Å². The second kappa shape index (κ2) is 15.9. The van der Waals surface area contributed by atoms with E-state index < -0.39 is 222 Å². The number of anilines is 9. The lowest BCUT2D eigenvalue weighted by Crippen LogP contribution is -2.66. The highest BCUT2D eigenvalue weighted by molar-refractivity contribution is 7.05. The number of ether oxygens (including phenoxy) is 4. The van der Waals surface area contributed by atoms with Crippen molar-refractivity contribution >= 4 is 120 Å². The molecule has 0 aromatic heterocycles. The van der Waals surface area contributed by atoms with E-state index in [0.717, 1.165) is 9.80 Å². The van der Waals surface area contributed by atoms with Crippen LogP contribution in [-0.4, -0.2) is 20.1 Å². The highest BCUT2D eigenvalue weighted by atomic mass is 16.5. The van der Waals surface area contributed by atoms with Gasteiger partial charge in [0.05, 0.1) is 38.6 Å². The molecule has 0 saturated carbocycles. The van der Waals surface area contributed by atoms with Crippen LogP contribution in [0.5, 0.6) is 46.0 Å². The van der Waals surface area contributed by atoms with Crippen molar-refractivity contribution in [3.8, 4) is 46.0 Å². The number of rotatable bonds is 5. The van der Waals surface area contributed by atoms with Gasteiger partial charge < -0.3 is 33.6 Å². The van der Waals surface area contributed by atoms with E-state index in [1.54, 1.807) is 72.8 Å². The Morgan fingerprint density at radius 2 is 0.658 bits per heavy atom. The summed E-state index contributed by atoms with van der Waals surface area (Å²) in [5.74, 6) is 0.367. The average molecular weight is 996 g/mol. The average Bonchev–Trinajstić information content (AvgIpc) is 0.658. The van der Waals surface area contributed by atoms with Gasteiger partial charge in [-0.15, -0.1) is 0 Å². The lowest BCUT2D eigenvalue weighted by Gasteiger charge is -2.47. The predicted molar refractivity (Wildman–Crippen MR) is 311 cm³/mol. The standard InChI is InChI=1S/C66H40B3N3O4/c1-5-21-41(22-6-1)70(42-23-7-2-8-24-42)45-37-50-60-51(38-45)72(44-27-11-4-12-28-44)53-40-59-64-66(76-57-36-20-16-32-49(57)68(64)47-30-14-18-34-55(47)74-59)62(53)69(60)61-52(71(50)43-25-9-3-10-26-43)39-58-63-65(61)75-56-35-19-15-31-48(56)67(63)46-29-13-17-33-54(46)73-58/h1-40H/i1D,2D,3D,4D,5D,6D,7D,8D,9D,10D,11D,12D,21D,22D,23D,24D,25D,26D,27D,28D,37D,38D,39D,40D. The topological polar surface area (TPSA) is 46.6 Å². The van der Waals surface area contributed by atoms with Gasteiger partial charge in [-0.05, 0) is 123 Å². The molecular formula is C66H40B3N3O4. The molecule has 0 atom stereocenters. The highest BCUT2D eigenvalue weighted by Gasteiger charge is 2.53. The summed E-state index contributed by atoms with van der Waals surface area (Å²) in [6, 6.07) is 4.25. The van der Waals surface area contributed by atoms with Crippen molar-refractivity contribution in [2.24, 2.45) is 0 Å². The van der Waals surface area contributed by atoms with Gasteiger partial charge in [0, 0.05) is 68.5 Å². The Balaban J connectivity index is 1.17. The molecule has 76 heavy (non-hydrogen) atoms. The molecule has 0 spiro atoms. The van der Waals surface area contributed by atoms with Gasteiger partial charge in [-0.3, -0.25) is 0 Å². The zero-order valence-electron chi connectivity index (χ0n) is 62.9.